The van der Waals surface area contributed by atoms with Crippen LogP contribution in [0.5, 0.6) is 17.2 Å². The minimum atomic E-state index is -0.571. The number of hydrogen-bond donors (Lipinski definition) is 1. The molecule has 0 atom stereocenters. The number of esters is 1. The Labute approximate surface area is 222 Å². The molecule has 0 aromatic heterocycles. The molecule has 0 aliphatic carbocycles. The van der Waals surface area contributed by atoms with E-state index in [0.717, 1.165) is 16.3 Å². The van der Waals surface area contributed by atoms with E-state index < -0.39 is 5.97 Å². The van der Waals surface area contributed by atoms with Crippen LogP contribution in [0, 0.1) is 0 Å². The van der Waals surface area contributed by atoms with Gasteiger partial charge < -0.3 is 14.2 Å². The average Bonchev–Trinajstić information content (AvgIpc) is 2.93. The van der Waals surface area contributed by atoms with Gasteiger partial charge in [0.25, 0.3) is 5.91 Å². The minimum absolute atomic E-state index is 0.00763. The summed E-state index contributed by atoms with van der Waals surface area (Å²) >= 11 is 0. The van der Waals surface area contributed by atoms with Crippen LogP contribution >= 0.6 is 0 Å². The SMILES string of the molecule is COc1ccc(C(=O)Oc2ccc3ccccc3c2/C=N\NC(=O)c2ccc(C(C)(C)C)cc2)cc1OC. The molecule has 194 valence electrons. The first-order valence-electron chi connectivity index (χ1n) is 12.1. The van der Waals surface area contributed by atoms with Gasteiger partial charge in [0.05, 0.1) is 26.0 Å². The zero-order valence-corrected chi connectivity index (χ0v) is 22.1. The maximum absolute atomic E-state index is 13.0. The van der Waals surface area contributed by atoms with E-state index >= 15 is 0 Å². The van der Waals surface area contributed by atoms with E-state index in [1.165, 1.54) is 20.4 Å². The van der Waals surface area contributed by atoms with Gasteiger partial charge in [-0.2, -0.15) is 5.10 Å². The van der Waals surface area contributed by atoms with Crippen molar-refractivity contribution in [2.75, 3.05) is 14.2 Å². The van der Waals surface area contributed by atoms with Crippen molar-refractivity contribution in [1.29, 1.82) is 0 Å². The first kappa shape index (κ1) is 26.4. The first-order chi connectivity index (χ1) is 18.2. The van der Waals surface area contributed by atoms with Crippen LogP contribution in [0.4, 0.5) is 0 Å². The fraction of sp³-hybridized carbons (Fsp3) is 0.194. The zero-order valence-electron chi connectivity index (χ0n) is 22.1. The second kappa shape index (κ2) is 11.2. The van der Waals surface area contributed by atoms with E-state index in [1.54, 1.807) is 36.4 Å². The molecule has 0 saturated heterocycles. The number of amides is 1. The highest BCUT2D eigenvalue weighted by molar-refractivity contribution is 6.04. The van der Waals surface area contributed by atoms with Gasteiger partial charge in [0.2, 0.25) is 0 Å². The van der Waals surface area contributed by atoms with Gasteiger partial charge in [0, 0.05) is 11.1 Å². The predicted molar refractivity (Wildman–Crippen MR) is 149 cm³/mol. The molecule has 0 saturated carbocycles. The van der Waals surface area contributed by atoms with Crippen LogP contribution in [-0.2, 0) is 5.41 Å². The fourth-order valence-electron chi connectivity index (χ4n) is 3.96. The van der Waals surface area contributed by atoms with Crippen molar-refractivity contribution in [2.24, 2.45) is 5.10 Å². The van der Waals surface area contributed by atoms with Gasteiger partial charge in [-0.05, 0) is 58.1 Å². The third kappa shape index (κ3) is 5.83. The van der Waals surface area contributed by atoms with Gasteiger partial charge in [-0.3, -0.25) is 4.79 Å². The Morgan fingerprint density at radius 2 is 1.45 bits per heavy atom. The van der Waals surface area contributed by atoms with Crippen molar-refractivity contribution in [3.05, 3.63) is 101 Å². The van der Waals surface area contributed by atoms with Crippen LogP contribution in [-0.4, -0.2) is 32.3 Å². The van der Waals surface area contributed by atoms with E-state index in [4.69, 9.17) is 14.2 Å². The third-order valence-corrected chi connectivity index (χ3v) is 6.13. The van der Waals surface area contributed by atoms with Crippen LogP contribution in [0.2, 0.25) is 0 Å². The molecular formula is C31H30N2O5. The largest absolute Gasteiger partial charge is 0.493 e. The number of nitrogens with zero attached hydrogens (tertiary/aromatic N) is 1. The summed E-state index contributed by atoms with van der Waals surface area (Å²) in [5, 5.41) is 5.93. The second-order valence-corrected chi connectivity index (χ2v) is 9.68. The number of methoxy groups -OCH3 is 2. The van der Waals surface area contributed by atoms with Crippen LogP contribution in [0.25, 0.3) is 10.8 Å². The molecule has 0 radical (unpaired) electrons. The Kier molecular flexibility index (Phi) is 7.76. The molecule has 0 bridgehead atoms. The molecular weight excluding hydrogens is 480 g/mol. The second-order valence-electron chi connectivity index (χ2n) is 9.68. The van der Waals surface area contributed by atoms with Gasteiger partial charge in [0.15, 0.2) is 11.5 Å². The summed E-state index contributed by atoms with van der Waals surface area (Å²) in [6, 6.07) is 23.4. The van der Waals surface area contributed by atoms with Crippen molar-refractivity contribution < 1.29 is 23.8 Å². The molecule has 0 heterocycles. The number of benzene rings is 4. The summed E-state index contributed by atoms with van der Waals surface area (Å²) in [6.45, 7) is 6.35. The third-order valence-electron chi connectivity index (χ3n) is 6.13. The number of hydrazone groups is 1. The van der Waals surface area contributed by atoms with E-state index in [-0.39, 0.29) is 11.3 Å². The first-order valence-corrected chi connectivity index (χ1v) is 12.1. The average molecular weight is 511 g/mol. The molecule has 4 rings (SSSR count). The molecule has 1 N–H and O–H groups in total. The van der Waals surface area contributed by atoms with Crippen LogP contribution in [0.1, 0.15) is 52.6 Å². The summed E-state index contributed by atoms with van der Waals surface area (Å²) < 4.78 is 16.3. The van der Waals surface area contributed by atoms with E-state index in [2.05, 4.69) is 31.3 Å². The number of ether oxygens (including phenoxy) is 3. The lowest BCUT2D eigenvalue weighted by molar-refractivity contribution is 0.0734. The van der Waals surface area contributed by atoms with Crippen molar-refractivity contribution >= 4 is 28.9 Å². The monoisotopic (exact) mass is 510 g/mol. The number of carbonyl (C=O) groups excluding carboxylic acids is 2. The minimum Gasteiger partial charge on any atom is -0.493 e. The van der Waals surface area contributed by atoms with Crippen LogP contribution in [0.15, 0.2) is 84.0 Å². The van der Waals surface area contributed by atoms with Gasteiger partial charge >= 0.3 is 5.97 Å². The van der Waals surface area contributed by atoms with Crippen molar-refractivity contribution in [1.82, 2.24) is 5.43 Å². The van der Waals surface area contributed by atoms with Crippen molar-refractivity contribution in [3.8, 4) is 17.2 Å². The van der Waals surface area contributed by atoms with Gasteiger partial charge in [-0.25, -0.2) is 10.2 Å². The molecule has 4 aromatic carbocycles. The number of fused-ring (bicyclic) bond motifs is 1. The zero-order chi connectivity index (χ0) is 27.3. The highest BCUT2D eigenvalue weighted by atomic mass is 16.5. The highest BCUT2D eigenvalue weighted by Gasteiger charge is 2.17. The summed E-state index contributed by atoms with van der Waals surface area (Å²) in [4.78, 5) is 25.7. The quantitative estimate of drug-likeness (QED) is 0.140. The number of hydrogen-bond acceptors (Lipinski definition) is 6. The Balaban J connectivity index is 1.59. The lowest BCUT2D eigenvalue weighted by Gasteiger charge is -2.18. The summed E-state index contributed by atoms with van der Waals surface area (Å²) in [5.41, 5.74) is 5.04. The van der Waals surface area contributed by atoms with E-state index in [9.17, 15) is 9.59 Å². The molecule has 1 amide bonds. The Morgan fingerprint density at radius 1 is 0.789 bits per heavy atom. The molecule has 0 aliphatic rings. The molecule has 0 spiro atoms. The molecule has 0 unspecified atom stereocenters. The molecule has 4 aromatic rings. The molecule has 0 fully saturated rings. The lowest BCUT2D eigenvalue weighted by Crippen LogP contribution is -2.18. The van der Waals surface area contributed by atoms with Gasteiger partial charge in [-0.15, -0.1) is 0 Å². The number of nitrogens with one attached hydrogen (secondary N) is 1. The van der Waals surface area contributed by atoms with Crippen molar-refractivity contribution in [2.45, 2.75) is 26.2 Å². The lowest BCUT2D eigenvalue weighted by atomic mass is 9.87. The maximum atomic E-state index is 13.0. The molecule has 0 aliphatic heterocycles. The highest BCUT2D eigenvalue weighted by Crippen LogP contribution is 2.30. The molecule has 7 nitrogen and oxygen atoms in total. The van der Waals surface area contributed by atoms with Gasteiger partial charge in [0.1, 0.15) is 5.75 Å². The predicted octanol–water partition coefficient (Wildman–Crippen LogP) is 6.14. The Hall–Kier alpha value is -4.65. The number of rotatable bonds is 7. The van der Waals surface area contributed by atoms with Crippen molar-refractivity contribution in [3.63, 3.8) is 0 Å². The Morgan fingerprint density at radius 3 is 2.13 bits per heavy atom. The summed E-state index contributed by atoms with van der Waals surface area (Å²) in [6.07, 6.45) is 1.49. The van der Waals surface area contributed by atoms with Crippen LogP contribution in [0.3, 0.4) is 0 Å². The fourth-order valence-corrected chi connectivity index (χ4v) is 3.96. The standard InChI is InChI=1S/C31H30N2O5/c1-31(2,3)23-14-10-21(11-15-23)29(34)33-32-19-25-24-9-7-6-8-20(24)12-16-26(25)38-30(35)22-13-17-27(36-4)28(18-22)37-5/h6-19H,1-5H3,(H,33,34)/b32-19-. The van der Waals surface area contributed by atoms with E-state index in [1.807, 2.05) is 42.5 Å². The maximum Gasteiger partial charge on any atom is 0.343 e. The molecule has 38 heavy (non-hydrogen) atoms. The topological polar surface area (TPSA) is 86.2 Å². The Bertz CT molecular complexity index is 1500. The van der Waals surface area contributed by atoms with E-state index in [0.29, 0.717) is 33.9 Å². The summed E-state index contributed by atoms with van der Waals surface area (Å²) in [7, 11) is 3.02. The smallest absolute Gasteiger partial charge is 0.343 e. The van der Waals surface area contributed by atoms with Gasteiger partial charge in [-0.1, -0.05) is 63.2 Å². The molecule has 7 heteroatoms. The normalized spacial score (nSPS) is 11.4. The van der Waals surface area contributed by atoms with Crippen LogP contribution < -0.4 is 19.6 Å². The summed E-state index contributed by atoms with van der Waals surface area (Å²) in [5.74, 6) is 0.313. The number of carbonyl (C=O) groups is 2.